The molecule has 2 rings (SSSR count). The summed E-state index contributed by atoms with van der Waals surface area (Å²) in [5.41, 5.74) is 1.81. The van der Waals surface area contributed by atoms with Crippen molar-refractivity contribution >= 4 is 16.6 Å². The fourth-order valence-corrected chi connectivity index (χ4v) is 1.69. The Kier molecular flexibility index (Phi) is 3.24. The smallest absolute Gasteiger partial charge is 0.0950 e. The van der Waals surface area contributed by atoms with Gasteiger partial charge in [0, 0.05) is 5.39 Å². The average Bonchev–Trinajstić information content (AvgIpc) is 2.35. The normalized spacial score (nSPS) is 12.4. The predicted molar refractivity (Wildman–Crippen MR) is 70.6 cm³/mol. The van der Waals surface area contributed by atoms with Gasteiger partial charge in [0.25, 0.3) is 0 Å². The van der Waals surface area contributed by atoms with Crippen LogP contribution in [0.5, 0.6) is 0 Å². The van der Waals surface area contributed by atoms with E-state index < -0.39 is 0 Å². The minimum absolute atomic E-state index is 0.00241. The monoisotopic (exact) mass is 225 g/mol. The van der Waals surface area contributed by atoms with E-state index in [0.29, 0.717) is 5.92 Å². The Morgan fingerprint density at radius 1 is 1.29 bits per heavy atom. The summed E-state index contributed by atoms with van der Waals surface area (Å²) >= 11 is 0. The summed E-state index contributed by atoms with van der Waals surface area (Å²) in [6.45, 7) is 4.18. The molecule has 0 fully saturated rings. The highest BCUT2D eigenvalue weighted by atomic mass is 15.1. The summed E-state index contributed by atoms with van der Waals surface area (Å²) in [5, 5.41) is 12.4. The second kappa shape index (κ2) is 4.84. The van der Waals surface area contributed by atoms with Crippen molar-refractivity contribution in [2.45, 2.75) is 19.9 Å². The van der Waals surface area contributed by atoms with Crippen molar-refractivity contribution < 1.29 is 0 Å². The van der Waals surface area contributed by atoms with Crippen LogP contribution in [0.4, 0.5) is 5.69 Å². The van der Waals surface area contributed by atoms with Crippen molar-refractivity contribution in [2.75, 3.05) is 5.32 Å². The summed E-state index contributed by atoms with van der Waals surface area (Å²) in [6.07, 6.45) is 7.23. The molecule has 1 unspecified atom stereocenters. The Balaban J connectivity index is 2.39. The molecule has 1 atom stereocenters. The molecule has 1 aromatic carbocycles. The molecule has 1 aromatic heterocycles. The van der Waals surface area contributed by atoms with Crippen LogP contribution in [0.3, 0.4) is 0 Å². The first-order valence-corrected chi connectivity index (χ1v) is 5.65. The molecular formula is C14H15N3. The molecule has 0 saturated heterocycles. The van der Waals surface area contributed by atoms with Crippen LogP contribution in [-0.4, -0.2) is 16.2 Å². The number of nitrogens with zero attached hydrogens (tertiary/aromatic N) is 2. The van der Waals surface area contributed by atoms with Gasteiger partial charge in [0.15, 0.2) is 0 Å². The third-order valence-electron chi connectivity index (χ3n) is 2.70. The lowest BCUT2D eigenvalue weighted by atomic mass is 10.0. The summed E-state index contributed by atoms with van der Waals surface area (Å²) in [5.74, 6) is 3.12. The van der Waals surface area contributed by atoms with Crippen molar-refractivity contribution in [3.63, 3.8) is 0 Å². The van der Waals surface area contributed by atoms with Gasteiger partial charge < -0.3 is 5.32 Å². The van der Waals surface area contributed by atoms with Gasteiger partial charge in [-0.1, -0.05) is 38.0 Å². The zero-order valence-electron chi connectivity index (χ0n) is 10.0. The van der Waals surface area contributed by atoms with Crippen molar-refractivity contribution in [3.05, 3.63) is 30.5 Å². The van der Waals surface area contributed by atoms with E-state index in [9.17, 15) is 0 Å². The fraction of sp³-hybridized carbons (Fsp3) is 0.286. The highest BCUT2D eigenvalue weighted by Crippen LogP contribution is 2.21. The summed E-state index contributed by atoms with van der Waals surface area (Å²) in [6, 6.07) is 7.88. The molecule has 0 aliphatic heterocycles. The molecule has 1 N–H and O–H groups in total. The van der Waals surface area contributed by atoms with Gasteiger partial charge >= 0.3 is 0 Å². The largest absolute Gasteiger partial charge is 0.369 e. The number of hydrogen-bond acceptors (Lipinski definition) is 3. The fourth-order valence-electron chi connectivity index (χ4n) is 1.69. The number of anilines is 1. The minimum atomic E-state index is 0.00241. The van der Waals surface area contributed by atoms with Crippen LogP contribution in [0, 0.1) is 18.3 Å². The lowest BCUT2D eigenvalue weighted by molar-refractivity contribution is 0.614. The second-order valence-electron chi connectivity index (χ2n) is 4.31. The van der Waals surface area contributed by atoms with Gasteiger partial charge in [-0.05, 0) is 12.0 Å². The van der Waals surface area contributed by atoms with Gasteiger partial charge in [0.1, 0.15) is 0 Å². The average molecular weight is 225 g/mol. The zero-order chi connectivity index (χ0) is 12.3. The molecule has 0 saturated carbocycles. The van der Waals surface area contributed by atoms with Crippen LogP contribution >= 0.6 is 0 Å². The molecule has 0 spiro atoms. The number of rotatable bonds is 3. The third-order valence-corrected chi connectivity index (χ3v) is 2.70. The van der Waals surface area contributed by atoms with Gasteiger partial charge in [0.2, 0.25) is 0 Å². The Morgan fingerprint density at radius 3 is 2.76 bits per heavy atom. The van der Waals surface area contributed by atoms with Crippen LogP contribution in [0.1, 0.15) is 13.8 Å². The maximum Gasteiger partial charge on any atom is 0.0950 e. The van der Waals surface area contributed by atoms with Crippen molar-refractivity contribution in [2.24, 2.45) is 5.92 Å². The molecule has 0 radical (unpaired) electrons. The molecule has 3 heteroatoms. The van der Waals surface area contributed by atoms with Gasteiger partial charge in [-0.15, -0.1) is 6.42 Å². The first-order chi connectivity index (χ1) is 8.22. The van der Waals surface area contributed by atoms with Crippen LogP contribution in [0.15, 0.2) is 30.5 Å². The van der Waals surface area contributed by atoms with Crippen LogP contribution in [0.25, 0.3) is 10.9 Å². The van der Waals surface area contributed by atoms with E-state index in [1.54, 1.807) is 6.20 Å². The number of hydrogen-bond donors (Lipinski definition) is 1. The standard InChI is InChI=1S/C14H15N3/c1-4-12(10(2)3)16-14-9-15-17-13-8-6-5-7-11(13)14/h1,5-10,12H,2-3H3,(H,16,17). The predicted octanol–water partition coefficient (Wildman–Crippen LogP) is 2.70. The van der Waals surface area contributed by atoms with Gasteiger partial charge in [-0.25, -0.2) is 0 Å². The quantitative estimate of drug-likeness (QED) is 0.816. The molecule has 2 aromatic rings. The summed E-state index contributed by atoms with van der Waals surface area (Å²) in [7, 11) is 0. The maximum atomic E-state index is 5.52. The lowest BCUT2D eigenvalue weighted by Crippen LogP contribution is -2.23. The zero-order valence-corrected chi connectivity index (χ0v) is 10.0. The highest BCUT2D eigenvalue weighted by Gasteiger charge is 2.11. The van der Waals surface area contributed by atoms with Crippen molar-refractivity contribution in [3.8, 4) is 12.3 Å². The van der Waals surface area contributed by atoms with Gasteiger partial charge in [-0.3, -0.25) is 0 Å². The molecule has 0 aliphatic carbocycles. The van der Waals surface area contributed by atoms with Crippen LogP contribution < -0.4 is 5.32 Å². The van der Waals surface area contributed by atoms with E-state index in [1.807, 2.05) is 24.3 Å². The molecule has 0 bridgehead atoms. The first kappa shape index (κ1) is 11.4. The Bertz CT molecular complexity index is 549. The SMILES string of the molecule is C#CC(Nc1cnnc2ccccc12)C(C)C. The van der Waals surface area contributed by atoms with E-state index >= 15 is 0 Å². The van der Waals surface area contributed by atoms with Crippen LogP contribution in [0.2, 0.25) is 0 Å². The summed E-state index contributed by atoms with van der Waals surface area (Å²) < 4.78 is 0. The Morgan fingerprint density at radius 2 is 2.06 bits per heavy atom. The van der Waals surface area contributed by atoms with E-state index in [-0.39, 0.29) is 6.04 Å². The van der Waals surface area contributed by atoms with Crippen molar-refractivity contribution in [1.29, 1.82) is 0 Å². The van der Waals surface area contributed by atoms with E-state index in [2.05, 4.69) is 35.3 Å². The number of terminal acetylenes is 1. The lowest BCUT2D eigenvalue weighted by Gasteiger charge is -2.18. The second-order valence-corrected chi connectivity index (χ2v) is 4.31. The number of fused-ring (bicyclic) bond motifs is 1. The Labute approximate surface area is 101 Å². The number of aromatic nitrogens is 2. The third kappa shape index (κ3) is 2.36. The topological polar surface area (TPSA) is 37.8 Å². The summed E-state index contributed by atoms with van der Waals surface area (Å²) in [4.78, 5) is 0. The van der Waals surface area contributed by atoms with Gasteiger partial charge in [-0.2, -0.15) is 10.2 Å². The van der Waals surface area contributed by atoms with Crippen molar-refractivity contribution in [1.82, 2.24) is 10.2 Å². The maximum absolute atomic E-state index is 5.52. The molecule has 0 aliphatic rings. The number of nitrogens with one attached hydrogen (secondary N) is 1. The molecule has 1 heterocycles. The van der Waals surface area contributed by atoms with E-state index in [4.69, 9.17) is 6.42 Å². The van der Waals surface area contributed by atoms with Gasteiger partial charge in [0.05, 0.1) is 23.4 Å². The Hall–Kier alpha value is -2.08. The highest BCUT2D eigenvalue weighted by molar-refractivity contribution is 5.90. The molecular weight excluding hydrogens is 210 g/mol. The molecule has 3 nitrogen and oxygen atoms in total. The first-order valence-electron chi connectivity index (χ1n) is 5.65. The van der Waals surface area contributed by atoms with E-state index in [0.717, 1.165) is 16.6 Å². The molecule has 86 valence electrons. The molecule has 0 amide bonds. The van der Waals surface area contributed by atoms with E-state index in [1.165, 1.54) is 0 Å². The minimum Gasteiger partial charge on any atom is -0.369 e. The molecule has 17 heavy (non-hydrogen) atoms. The van der Waals surface area contributed by atoms with Crippen LogP contribution in [-0.2, 0) is 0 Å². The number of benzene rings is 1.